The molecule has 1 amide bonds. The predicted molar refractivity (Wildman–Crippen MR) is 74.2 cm³/mol. The number of carbonyl (C=O) groups excluding carboxylic acids is 1. The van der Waals surface area contributed by atoms with Gasteiger partial charge in [-0.2, -0.15) is 0 Å². The van der Waals surface area contributed by atoms with Crippen LogP contribution in [0.1, 0.15) is 31.2 Å². The van der Waals surface area contributed by atoms with Gasteiger partial charge in [0.25, 0.3) is 0 Å². The highest BCUT2D eigenvalue weighted by Crippen LogP contribution is 2.23. The highest BCUT2D eigenvalue weighted by molar-refractivity contribution is 5.91. The number of nitrogens with zero attached hydrogens (tertiary/aromatic N) is 1. The summed E-state index contributed by atoms with van der Waals surface area (Å²) in [6, 6.07) is 3.99. The van der Waals surface area contributed by atoms with Crippen LogP contribution < -0.4 is 5.32 Å². The van der Waals surface area contributed by atoms with Gasteiger partial charge in [-0.1, -0.05) is 6.07 Å². The van der Waals surface area contributed by atoms with Gasteiger partial charge in [0.05, 0.1) is 0 Å². The third-order valence-corrected chi connectivity index (χ3v) is 3.56. The molecule has 1 aliphatic rings. The van der Waals surface area contributed by atoms with Gasteiger partial charge in [-0.05, 0) is 49.3 Å². The second-order valence-electron chi connectivity index (χ2n) is 5.03. The Kier molecular flexibility index (Phi) is 5.10. The van der Waals surface area contributed by atoms with Crippen LogP contribution in [0.2, 0.25) is 0 Å². The number of aromatic nitrogens is 1. The van der Waals surface area contributed by atoms with Gasteiger partial charge in [-0.15, -0.1) is 0 Å². The van der Waals surface area contributed by atoms with Crippen LogP contribution in [0, 0.1) is 5.92 Å². The van der Waals surface area contributed by atoms with E-state index in [0.717, 1.165) is 31.2 Å². The molecule has 1 aromatic rings. The summed E-state index contributed by atoms with van der Waals surface area (Å²) in [5.74, 6) is 0.357. The first-order chi connectivity index (χ1) is 9.28. The Labute approximate surface area is 113 Å². The van der Waals surface area contributed by atoms with Crippen LogP contribution >= 0.6 is 0 Å². The Morgan fingerprint density at radius 3 is 2.84 bits per heavy atom. The third kappa shape index (κ3) is 4.48. The molecule has 0 bridgehead atoms. The number of nitrogens with one attached hydrogen (secondary N) is 1. The highest BCUT2D eigenvalue weighted by Gasteiger charge is 2.20. The summed E-state index contributed by atoms with van der Waals surface area (Å²) in [5.41, 5.74) is 0.918. The van der Waals surface area contributed by atoms with Crippen LogP contribution in [0.4, 0.5) is 0 Å². The zero-order valence-electron chi connectivity index (χ0n) is 11.0. The van der Waals surface area contributed by atoms with Crippen LogP contribution in [0.3, 0.4) is 0 Å². The molecule has 2 rings (SSSR count). The Bertz CT molecular complexity index is 423. The Morgan fingerprint density at radius 2 is 2.21 bits per heavy atom. The van der Waals surface area contributed by atoms with Crippen molar-refractivity contribution in [2.24, 2.45) is 5.92 Å². The molecule has 2 N–H and O–H groups in total. The van der Waals surface area contributed by atoms with Crippen molar-refractivity contribution < 1.29 is 9.90 Å². The summed E-state index contributed by atoms with van der Waals surface area (Å²) < 4.78 is 0. The molecule has 4 heteroatoms. The number of hydrogen-bond acceptors (Lipinski definition) is 3. The fourth-order valence-electron chi connectivity index (χ4n) is 2.39. The van der Waals surface area contributed by atoms with E-state index in [1.165, 1.54) is 0 Å². The topological polar surface area (TPSA) is 62.2 Å². The van der Waals surface area contributed by atoms with Crippen molar-refractivity contribution in [3.63, 3.8) is 0 Å². The van der Waals surface area contributed by atoms with Crippen LogP contribution in [-0.4, -0.2) is 28.6 Å². The molecule has 1 aliphatic carbocycles. The van der Waals surface area contributed by atoms with Gasteiger partial charge in [-0.3, -0.25) is 9.78 Å². The maximum atomic E-state index is 11.8. The van der Waals surface area contributed by atoms with E-state index in [-0.39, 0.29) is 18.6 Å². The maximum Gasteiger partial charge on any atom is 0.244 e. The molecule has 0 atom stereocenters. The van der Waals surface area contributed by atoms with Gasteiger partial charge in [0.1, 0.15) is 0 Å². The standard InChI is InChI=1S/C15H20N2O2/c18-11-13-3-6-14(7-4-13)17-15(19)8-5-12-2-1-9-16-10-12/h1-2,5,8-10,13-14,18H,3-4,6-7,11H2,(H,17,19)/b8-5+. The van der Waals surface area contributed by atoms with E-state index >= 15 is 0 Å². The molecule has 0 aliphatic heterocycles. The smallest absolute Gasteiger partial charge is 0.244 e. The highest BCUT2D eigenvalue weighted by atomic mass is 16.3. The second-order valence-corrected chi connectivity index (χ2v) is 5.03. The van der Waals surface area contributed by atoms with Gasteiger partial charge < -0.3 is 10.4 Å². The van der Waals surface area contributed by atoms with E-state index in [1.54, 1.807) is 24.5 Å². The molecule has 0 unspecified atom stereocenters. The van der Waals surface area contributed by atoms with E-state index in [9.17, 15) is 4.79 Å². The predicted octanol–water partition coefficient (Wildman–Crippen LogP) is 1.76. The summed E-state index contributed by atoms with van der Waals surface area (Å²) in [4.78, 5) is 15.8. The lowest BCUT2D eigenvalue weighted by atomic mass is 9.86. The summed E-state index contributed by atoms with van der Waals surface area (Å²) in [5, 5.41) is 12.1. The van der Waals surface area contributed by atoms with Crippen LogP contribution in [0.5, 0.6) is 0 Å². The number of aliphatic hydroxyl groups is 1. The normalized spacial score (nSPS) is 23.4. The second kappa shape index (κ2) is 7.04. The van der Waals surface area contributed by atoms with Crippen molar-refractivity contribution in [3.05, 3.63) is 36.2 Å². The minimum absolute atomic E-state index is 0.0590. The zero-order valence-corrected chi connectivity index (χ0v) is 11.0. The SMILES string of the molecule is O=C(/C=C/c1cccnc1)NC1CCC(CO)CC1. The fourth-order valence-corrected chi connectivity index (χ4v) is 2.39. The Hall–Kier alpha value is -1.68. The Balaban J connectivity index is 1.77. The van der Waals surface area contributed by atoms with Crippen molar-refractivity contribution in [1.82, 2.24) is 10.3 Å². The van der Waals surface area contributed by atoms with Crippen molar-refractivity contribution in [2.45, 2.75) is 31.7 Å². The monoisotopic (exact) mass is 260 g/mol. The zero-order chi connectivity index (χ0) is 13.5. The summed E-state index contributed by atoms with van der Waals surface area (Å²) in [6.07, 6.45) is 10.6. The molecule has 1 aromatic heterocycles. The van der Waals surface area contributed by atoms with Gasteiger partial charge in [-0.25, -0.2) is 0 Å². The first-order valence-corrected chi connectivity index (χ1v) is 6.77. The van der Waals surface area contributed by atoms with Gasteiger partial charge in [0, 0.05) is 31.1 Å². The maximum absolute atomic E-state index is 11.8. The molecule has 0 saturated heterocycles. The van der Waals surface area contributed by atoms with E-state index in [4.69, 9.17) is 5.11 Å². The average Bonchev–Trinajstić information content (AvgIpc) is 2.47. The van der Waals surface area contributed by atoms with Gasteiger partial charge >= 0.3 is 0 Å². The number of rotatable bonds is 4. The molecule has 19 heavy (non-hydrogen) atoms. The van der Waals surface area contributed by atoms with Crippen molar-refractivity contribution >= 4 is 12.0 Å². The summed E-state index contributed by atoms with van der Waals surface area (Å²) in [6.45, 7) is 0.265. The van der Waals surface area contributed by atoms with E-state index in [0.29, 0.717) is 5.92 Å². The molecule has 4 nitrogen and oxygen atoms in total. The molecular formula is C15H20N2O2. The van der Waals surface area contributed by atoms with Gasteiger partial charge in [0.2, 0.25) is 5.91 Å². The molecule has 102 valence electrons. The van der Waals surface area contributed by atoms with E-state index in [1.807, 2.05) is 12.1 Å². The van der Waals surface area contributed by atoms with Crippen LogP contribution in [0.15, 0.2) is 30.6 Å². The molecule has 0 radical (unpaired) electrons. The number of aliphatic hydroxyl groups excluding tert-OH is 1. The molecule has 1 heterocycles. The molecule has 0 aromatic carbocycles. The fraction of sp³-hybridized carbons (Fsp3) is 0.467. The molecule has 0 spiro atoms. The van der Waals surface area contributed by atoms with Crippen molar-refractivity contribution in [1.29, 1.82) is 0 Å². The quantitative estimate of drug-likeness (QED) is 0.811. The van der Waals surface area contributed by atoms with Crippen molar-refractivity contribution in [3.8, 4) is 0 Å². The lowest BCUT2D eigenvalue weighted by molar-refractivity contribution is -0.117. The Morgan fingerprint density at radius 1 is 1.42 bits per heavy atom. The number of carbonyl (C=O) groups is 1. The third-order valence-electron chi connectivity index (χ3n) is 3.56. The minimum Gasteiger partial charge on any atom is -0.396 e. The largest absolute Gasteiger partial charge is 0.396 e. The first kappa shape index (κ1) is 13.7. The number of pyridine rings is 1. The minimum atomic E-state index is -0.0590. The lowest BCUT2D eigenvalue weighted by Gasteiger charge is -2.27. The van der Waals surface area contributed by atoms with Crippen molar-refractivity contribution in [2.75, 3.05) is 6.61 Å². The summed E-state index contributed by atoms with van der Waals surface area (Å²) in [7, 11) is 0. The van der Waals surface area contributed by atoms with Gasteiger partial charge in [0.15, 0.2) is 0 Å². The first-order valence-electron chi connectivity index (χ1n) is 6.77. The molecular weight excluding hydrogens is 240 g/mol. The average molecular weight is 260 g/mol. The van der Waals surface area contributed by atoms with Crippen LogP contribution in [-0.2, 0) is 4.79 Å². The van der Waals surface area contributed by atoms with Crippen LogP contribution in [0.25, 0.3) is 6.08 Å². The summed E-state index contributed by atoms with van der Waals surface area (Å²) >= 11 is 0. The van der Waals surface area contributed by atoms with E-state index in [2.05, 4.69) is 10.3 Å². The van der Waals surface area contributed by atoms with E-state index < -0.39 is 0 Å². The number of hydrogen-bond donors (Lipinski definition) is 2. The number of amides is 1. The molecule has 1 fully saturated rings. The molecule has 1 saturated carbocycles. The lowest BCUT2D eigenvalue weighted by Crippen LogP contribution is -2.37.